The molecule has 2 fully saturated rings. The van der Waals surface area contributed by atoms with Crippen LogP contribution in [-0.2, 0) is 9.53 Å². The Balaban J connectivity index is 1.87. The molecule has 3 atom stereocenters. The number of hydrogen-bond donors (Lipinski definition) is 0. The molecular weight excluding hydrogens is 226 g/mol. The zero-order chi connectivity index (χ0) is 13.0. The second-order valence-electron chi connectivity index (χ2n) is 6.01. The van der Waals surface area contributed by atoms with Crippen LogP contribution in [0.4, 0.5) is 0 Å². The largest absolute Gasteiger partial charge is 0.466 e. The molecule has 3 heteroatoms. The van der Waals surface area contributed by atoms with Crippen LogP contribution in [0.3, 0.4) is 0 Å². The number of hydrogen-bond acceptors (Lipinski definition) is 3. The van der Waals surface area contributed by atoms with E-state index in [9.17, 15) is 4.79 Å². The van der Waals surface area contributed by atoms with Crippen molar-refractivity contribution in [2.75, 3.05) is 19.7 Å². The summed E-state index contributed by atoms with van der Waals surface area (Å²) < 4.78 is 5.17. The SMILES string of the molecule is CCOC(=O)[C@H]1CCCN(C2CCCC(C)C2)C1. The highest BCUT2D eigenvalue weighted by Crippen LogP contribution is 2.30. The molecule has 18 heavy (non-hydrogen) atoms. The predicted molar refractivity (Wildman–Crippen MR) is 72.4 cm³/mol. The van der Waals surface area contributed by atoms with Gasteiger partial charge >= 0.3 is 5.97 Å². The fourth-order valence-electron chi connectivity index (χ4n) is 3.52. The Bertz CT molecular complexity index is 280. The molecule has 0 aromatic rings. The van der Waals surface area contributed by atoms with E-state index in [-0.39, 0.29) is 11.9 Å². The first-order valence-corrected chi connectivity index (χ1v) is 7.61. The molecule has 1 saturated heterocycles. The number of likely N-dealkylation sites (tertiary alicyclic amines) is 1. The molecule has 0 radical (unpaired) electrons. The van der Waals surface area contributed by atoms with Gasteiger partial charge < -0.3 is 4.74 Å². The quantitative estimate of drug-likeness (QED) is 0.724. The molecule has 0 spiro atoms. The molecule has 2 rings (SSSR count). The lowest BCUT2D eigenvalue weighted by molar-refractivity contribution is -0.150. The van der Waals surface area contributed by atoms with Crippen LogP contribution >= 0.6 is 0 Å². The third-order valence-corrected chi connectivity index (χ3v) is 4.50. The van der Waals surface area contributed by atoms with Crippen LogP contribution in [0.2, 0.25) is 0 Å². The van der Waals surface area contributed by atoms with Crippen LogP contribution in [0.1, 0.15) is 52.4 Å². The standard InChI is InChI=1S/C15H27NO2/c1-3-18-15(17)13-7-5-9-16(11-13)14-8-4-6-12(2)10-14/h12-14H,3-11H2,1-2H3/t12?,13-,14?/m0/s1. The molecule has 0 N–H and O–H groups in total. The van der Waals surface area contributed by atoms with Gasteiger partial charge in [0.25, 0.3) is 0 Å². The maximum atomic E-state index is 11.8. The van der Waals surface area contributed by atoms with Crippen molar-refractivity contribution in [2.45, 2.75) is 58.4 Å². The van der Waals surface area contributed by atoms with Crippen molar-refractivity contribution in [3.8, 4) is 0 Å². The Kier molecular flexibility index (Phi) is 5.04. The summed E-state index contributed by atoms with van der Waals surface area (Å²) in [5.41, 5.74) is 0. The molecule has 2 unspecified atom stereocenters. The number of nitrogens with zero attached hydrogens (tertiary/aromatic N) is 1. The van der Waals surface area contributed by atoms with Gasteiger partial charge in [-0.3, -0.25) is 9.69 Å². The van der Waals surface area contributed by atoms with E-state index in [1.807, 2.05) is 6.92 Å². The fourth-order valence-corrected chi connectivity index (χ4v) is 3.52. The van der Waals surface area contributed by atoms with Crippen molar-refractivity contribution in [1.29, 1.82) is 0 Å². The second kappa shape index (κ2) is 6.55. The molecule has 1 heterocycles. The van der Waals surface area contributed by atoms with E-state index in [1.165, 1.54) is 32.2 Å². The number of carbonyl (C=O) groups excluding carboxylic acids is 1. The highest BCUT2D eigenvalue weighted by atomic mass is 16.5. The summed E-state index contributed by atoms with van der Waals surface area (Å²) in [6.07, 6.45) is 7.53. The summed E-state index contributed by atoms with van der Waals surface area (Å²) in [6, 6.07) is 0.714. The lowest BCUT2D eigenvalue weighted by atomic mass is 9.84. The fraction of sp³-hybridized carbons (Fsp3) is 0.933. The Morgan fingerprint density at radius 3 is 2.83 bits per heavy atom. The van der Waals surface area contributed by atoms with E-state index in [4.69, 9.17) is 4.74 Å². The van der Waals surface area contributed by atoms with Gasteiger partial charge in [-0.05, 0) is 45.1 Å². The van der Waals surface area contributed by atoms with Crippen molar-refractivity contribution in [3.63, 3.8) is 0 Å². The zero-order valence-electron chi connectivity index (χ0n) is 11.9. The van der Waals surface area contributed by atoms with Crippen molar-refractivity contribution in [3.05, 3.63) is 0 Å². The van der Waals surface area contributed by atoms with Crippen LogP contribution in [0.5, 0.6) is 0 Å². The first-order valence-electron chi connectivity index (χ1n) is 7.61. The summed E-state index contributed by atoms with van der Waals surface area (Å²) in [4.78, 5) is 14.4. The van der Waals surface area contributed by atoms with E-state index < -0.39 is 0 Å². The van der Waals surface area contributed by atoms with Crippen molar-refractivity contribution < 1.29 is 9.53 Å². The zero-order valence-corrected chi connectivity index (χ0v) is 11.9. The van der Waals surface area contributed by atoms with E-state index in [0.29, 0.717) is 12.6 Å². The Labute approximate surface area is 111 Å². The van der Waals surface area contributed by atoms with Gasteiger partial charge in [0.2, 0.25) is 0 Å². The molecule has 0 bridgehead atoms. The van der Waals surface area contributed by atoms with Crippen LogP contribution in [0, 0.1) is 11.8 Å². The number of ether oxygens (including phenoxy) is 1. The van der Waals surface area contributed by atoms with Gasteiger partial charge in [0.15, 0.2) is 0 Å². The van der Waals surface area contributed by atoms with Crippen LogP contribution in [0.15, 0.2) is 0 Å². The minimum absolute atomic E-state index is 0.0195. The van der Waals surface area contributed by atoms with Gasteiger partial charge in [-0.15, -0.1) is 0 Å². The molecule has 1 aliphatic heterocycles. The van der Waals surface area contributed by atoms with Gasteiger partial charge in [0.1, 0.15) is 0 Å². The van der Waals surface area contributed by atoms with Crippen LogP contribution in [-0.4, -0.2) is 36.6 Å². The molecular formula is C15H27NO2. The van der Waals surface area contributed by atoms with Gasteiger partial charge in [-0.1, -0.05) is 19.8 Å². The summed E-state index contributed by atoms with van der Waals surface area (Å²) in [7, 11) is 0. The maximum absolute atomic E-state index is 11.8. The smallest absolute Gasteiger partial charge is 0.310 e. The minimum atomic E-state index is 0.0195. The van der Waals surface area contributed by atoms with Crippen LogP contribution in [0.25, 0.3) is 0 Å². The highest BCUT2D eigenvalue weighted by Gasteiger charge is 2.32. The lowest BCUT2D eigenvalue weighted by Crippen LogP contribution is -2.46. The predicted octanol–water partition coefficient (Wildman–Crippen LogP) is 2.84. The molecule has 3 nitrogen and oxygen atoms in total. The summed E-state index contributed by atoms with van der Waals surface area (Å²) in [5, 5.41) is 0. The second-order valence-corrected chi connectivity index (χ2v) is 6.01. The summed E-state index contributed by atoms with van der Waals surface area (Å²) >= 11 is 0. The van der Waals surface area contributed by atoms with E-state index in [1.54, 1.807) is 0 Å². The average molecular weight is 253 g/mol. The van der Waals surface area contributed by atoms with Gasteiger partial charge in [0, 0.05) is 12.6 Å². The topological polar surface area (TPSA) is 29.5 Å². The Hall–Kier alpha value is -0.570. The average Bonchev–Trinajstić information content (AvgIpc) is 2.39. The van der Waals surface area contributed by atoms with Crippen molar-refractivity contribution in [1.82, 2.24) is 4.90 Å². The molecule has 2 aliphatic rings. The Morgan fingerprint density at radius 2 is 2.11 bits per heavy atom. The first kappa shape index (κ1) is 13.9. The number of carbonyl (C=O) groups is 1. The third-order valence-electron chi connectivity index (χ3n) is 4.50. The summed E-state index contributed by atoms with van der Waals surface area (Å²) in [5.74, 6) is 0.994. The van der Waals surface area contributed by atoms with Crippen molar-refractivity contribution in [2.24, 2.45) is 11.8 Å². The molecule has 1 aliphatic carbocycles. The summed E-state index contributed by atoms with van der Waals surface area (Å²) in [6.45, 7) is 6.86. The van der Waals surface area contributed by atoms with E-state index >= 15 is 0 Å². The van der Waals surface area contributed by atoms with E-state index in [0.717, 1.165) is 25.3 Å². The van der Waals surface area contributed by atoms with Crippen LogP contribution < -0.4 is 0 Å². The monoisotopic (exact) mass is 253 g/mol. The molecule has 104 valence electrons. The van der Waals surface area contributed by atoms with Gasteiger partial charge in [-0.25, -0.2) is 0 Å². The molecule has 0 aromatic carbocycles. The molecule has 0 amide bonds. The van der Waals surface area contributed by atoms with Crippen molar-refractivity contribution >= 4 is 5.97 Å². The number of piperidine rings is 1. The molecule has 0 aromatic heterocycles. The van der Waals surface area contributed by atoms with E-state index in [2.05, 4.69) is 11.8 Å². The molecule has 1 saturated carbocycles. The van der Waals surface area contributed by atoms with Gasteiger partial charge in [-0.2, -0.15) is 0 Å². The Morgan fingerprint density at radius 1 is 1.28 bits per heavy atom. The highest BCUT2D eigenvalue weighted by molar-refractivity contribution is 5.72. The number of rotatable bonds is 3. The minimum Gasteiger partial charge on any atom is -0.466 e. The van der Waals surface area contributed by atoms with Gasteiger partial charge in [0.05, 0.1) is 12.5 Å². The first-order chi connectivity index (χ1) is 8.70. The lowest BCUT2D eigenvalue weighted by Gasteiger charge is -2.40. The third kappa shape index (κ3) is 3.47. The maximum Gasteiger partial charge on any atom is 0.310 e. The number of esters is 1. The normalized spacial score (nSPS) is 34.2.